The van der Waals surface area contributed by atoms with Gasteiger partial charge < -0.3 is 5.32 Å². The van der Waals surface area contributed by atoms with Crippen molar-refractivity contribution in [1.82, 2.24) is 0 Å². The zero-order valence-electron chi connectivity index (χ0n) is 7.14. The molecule has 1 amide bonds. The van der Waals surface area contributed by atoms with Crippen molar-refractivity contribution in [1.29, 1.82) is 0 Å². The predicted octanol–water partition coefficient (Wildman–Crippen LogP) is 2.51. The molecule has 1 aliphatic rings. The molecule has 1 aromatic rings. The third-order valence-electron chi connectivity index (χ3n) is 2.22. The maximum Gasteiger partial charge on any atom is 0.224 e. The van der Waals surface area contributed by atoms with Gasteiger partial charge in [0.05, 0.1) is 0 Å². The minimum Gasteiger partial charge on any atom is -0.326 e. The zero-order chi connectivity index (χ0) is 9.26. The number of halogens is 1. The molecule has 0 radical (unpaired) electrons. The first-order chi connectivity index (χ1) is 6.29. The standard InChI is InChI=1S/C10H10INO/c11-6-7-1-2-8-3-4-10(13)12-9(8)5-7/h1-2,5H,3-4,6H2,(H,12,13). The van der Waals surface area contributed by atoms with E-state index in [-0.39, 0.29) is 5.91 Å². The number of hydrogen-bond donors (Lipinski definition) is 1. The summed E-state index contributed by atoms with van der Waals surface area (Å²) in [6.45, 7) is 0. The monoisotopic (exact) mass is 287 g/mol. The summed E-state index contributed by atoms with van der Waals surface area (Å²) in [5.74, 6) is 0.137. The number of benzene rings is 1. The fourth-order valence-electron chi connectivity index (χ4n) is 1.50. The number of carbonyl (C=O) groups excluding carboxylic acids is 1. The van der Waals surface area contributed by atoms with Gasteiger partial charge in [-0.15, -0.1) is 0 Å². The summed E-state index contributed by atoms with van der Waals surface area (Å²) in [5.41, 5.74) is 3.53. The van der Waals surface area contributed by atoms with E-state index in [9.17, 15) is 4.79 Å². The predicted molar refractivity (Wildman–Crippen MR) is 61.1 cm³/mol. The van der Waals surface area contributed by atoms with Crippen molar-refractivity contribution in [2.75, 3.05) is 5.32 Å². The van der Waals surface area contributed by atoms with E-state index in [2.05, 4.69) is 46.1 Å². The van der Waals surface area contributed by atoms with Gasteiger partial charge in [0.1, 0.15) is 0 Å². The second-order valence-electron chi connectivity index (χ2n) is 3.17. The number of hydrogen-bond acceptors (Lipinski definition) is 1. The van der Waals surface area contributed by atoms with Crippen molar-refractivity contribution in [3.8, 4) is 0 Å². The van der Waals surface area contributed by atoms with Crippen molar-refractivity contribution in [3.05, 3.63) is 29.3 Å². The molecule has 1 heterocycles. The molecule has 0 atom stereocenters. The van der Waals surface area contributed by atoms with Gasteiger partial charge in [-0.2, -0.15) is 0 Å². The van der Waals surface area contributed by atoms with E-state index in [0.717, 1.165) is 16.5 Å². The van der Waals surface area contributed by atoms with Crippen molar-refractivity contribution in [3.63, 3.8) is 0 Å². The second-order valence-corrected chi connectivity index (χ2v) is 3.94. The van der Waals surface area contributed by atoms with Crippen molar-refractivity contribution < 1.29 is 4.79 Å². The molecule has 2 rings (SSSR count). The van der Waals surface area contributed by atoms with Crippen LogP contribution in [0.5, 0.6) is 0 Å². The summed E-state index contributed by atoms with van der Waals surface area (Å²) in [4.78, 5) is 11.1. The fraction of sp³-hybridized carbons (Fsp3) is 0.300. The molecule has 0 spiro atoms. The van der Waals surface area contributed by atoms with Crippen LogP contribution in [0.15, 0.2) is 18.2 Å². The zero-order valence-corrected chi connectivity index (χ0v) is 9.30. The molecule has 0 unspecified atom stereocenters. The second kappa shape index (κ2) is 3.65. The number of rotatable bonds is 1. The Bertz CT molecular complexity index is 349. The largest absolute Gasteiger partial charge is 0.326 e. The third kappa shape index (κ3) is 1.85. The molecule has 0 aromatic heterocycles. The van der Waals surface area contributed by atoms with Gasteiger partial charge in [0, 0.05) is 16.5 Å². The minimum absolute atomic E-state index is 0.137. The number of carbonyl (C=O) groups is 1. The maximum absolute atomic E-state index is 11.1. The molecular formula is C10H10INO. The Kier molecular flexibility index (Phi) is 2.53. The van der Waals surface area contributed by atoms with Crippen LogP contribution in [0.2, 0.25) is 0 Å². The quantitative estimate of drug-likeness (QED) is 0.624. The van der Waals surface area contributed by atoms with Crippen LogP contribution in [-0.2, 0) is 15.6 Å². The molecule has 1 N–H and O–H groups in total. The summed E-state index contributed by atoms with van der Waals surface area (Å²) in [7, 11) is 0. The number of alkyl halides is 1. The van der Waals surface area contributed by atoms with E-state index in [4.69, 9.17) is 0 Å². The van der Waals surface area contributed by atoms with Gasteiger partial charge in [-0.1, -0.05) is 34.7 Å². The molecule has 0 aliphatic carbocycles. The normalized spacial score (nSPS) is 15.0. The minimum atomic E-state index is 0.137. The molecule has 13 heavy (non-hydrogen) atoms. The summed E-state index contributed by atoms with van der Waals surface area (Å²) >= 11 is 2.32. The molecule has 0 bridgehead atoms. The summed E-state index contributed by atoms with van der Waals surface area (Å²) < 4.78 is 0.987. The first-order valence-electron chi connectivity index (χ1n) is 4.27. The summed E-state index contributed by atoms with van der Waals surface area (Å²) in [6.07, 6.45) is 1.50. The lowest BCUT2D eigenvalue weighted by Crippen LogP contribution is -2.18. The van der Waals surface area contributed by atoms with Crippen molar-refractivity contribution >= 4 is 34.2 Å². The Hall–Kier alpha value is -0.580. The van der Waals surface area contributed by atoms with E-state index in [1.807, 2.05) is 0 Å². The number of anilines is 1. The highest BCUT2D eigenvalue weighted by Crippen LogP contribution is 2.24. The molecule has 1 aromatic carbocycles. The summed E-state index contributed by atoms with van der Waals surface area (Å²) in [6, 6.07) is 6.31. The first-order valence-corrected chi connectivity index (χ1v) is 5.80. The summed E-state index contributed by atoms with van der Waals surface area (Å²) in [5, 5.41) is 2.89. The van der Waals surface area contributed by atoms with Crippen molar-refractivity contribution in [2.45, 2.75) is 17.3 Å². The van der Waals surface area contributed by atoms with Crippen LogP contribution >= 0.6 is 22.6 Å². The molecule has 3 heteroatoms. The van der Waals surface area contributed by atoms with E-state index in [1.54, 1.807) is 0 Å². The Morgan fingerprint density at radius 2 is 2.23 bits per heavy atom. The number of nitrogens with one attached hydrogen (secondary N) is 1. The SMILES string of the molecule is O=C1CCc2ccc(CI)cc2N1. The van der Waals surface area contributed by atoms with Crippen LogP contribution in [-0.4, -0.2) is 5.91 Å². The van der Waals surface area contributed by atoms with E-state index in [0.29, 0.717) is 6.42 Å². The van der Waals surface area contributed by atoms with Gasteiger partial charge in [0.15, 0.2) is 0 Å². The average molecular weight is 287 g/mol. The van der Waals surface area contributed by atoms with Crippen LogP contribution < -0.4 is 5.32 Å². The topological polar surface area (TPSA) is 29.1 Å². The molecule has 0 saturated carbocycles. The van der Waals surface area contributed by atoms with E-state index < -0.39 is 0 Å². The Labute approximate surface area is 90.9 Å². The van der Waals surface area contributed by atoms with Crippen LogP contribution in [0.25, 0.3) is 0 Å². The molecule has 0 saturated heterocycles. The number of fused-ring (bicyclic) bond motifs is 1. The lowest BCUT2D eigenvalue weighted by molar-refractivity contribution is -0.116. The van der Waals surface area contributed by atoms with Crippen molar-refractivity contribution in [2.24, 2.45) is 0 Å². The van der Waals surface area contributed by atoms with Gasteiger partial charge >= 0.3 is 0 Å². The highest BCUT2D eigenvalue weighted by molar-refractivity contribution is 14.1. The number of amides is 1. The van der Waals surface area contributed by atoms with Crippen LogP contribution in [0, 0.1) is 0 Å². The van der Waals surface area contributed by atoms with Crippen LogP contribution in [0.1, 0.15) is 17.5 Å². The van der Waals surface area contributed by atoms with Gasteiger partial charge in [0.25, 0.3) is 0 Å². The lowest BCUT2D eigenvalue weighted by Gasteiger charge is -2.17. The maximum atomic E-state index is 11.1. The van der Waals surface area contributed by atoms with E-state index in [1.165, 1.54) is 11.1 Å². The molecule has 2 nitrogen and oxygen atoms in total. The van der Waals surface area contributed by atoms with Gasteiger partial charge in [-0.3, -0.25) is 4.79 Å². The Balaban J connectivity index is 2.38. The fourth-order valence-corrected chi connectivity index (χ4v) is 1.98. The van der Waals surface area contributed by atoms with Gasteiger partial charge in [0.2, 0.25) is 5.91 Å². The Morgan fingerprint density at radius 3 is 3.00 bits per heavy atom. The smallest absolute Gasteiger partial charge is 0.224 e. The average Bonchev–Trinajstić information content (AvgIpc) is 2.16. The molecule has 68 valence electrons. The molecule has 1 aliphatic heterocycles. The van der Waals surface area contributed by atoms with E-state index >= 15 is 0 Å². The highest BCUT2D eigenvalue weighted by atomic mass is 127. The van der Waals surface area contributed by atoms with Gasteiger partial charge in [-0.25, -0.2) is 0 Å². The van der Waals surface area contributed by atoms with Gasteiger partial charge in [-0.05, 0) is 23.6 Å². The first kappa shape index (κ1) is 8.99. The molecular weight excluding hydrogens is 277 g/mol. The molecule has 0 fully saturated rings. The third-order valence-corrected chi connectivity index (χ3v) is 3.10. The van der Waals surface area contributed by atoms with Crippen LogP contribution in [0.4, 0.5) is 5.69 Å². The Morgan fingerprint density at radius 1 is 1.38 bits per heavy atom. The highest BCUT2D eigenvalue weighted by Gasteiger charge is 2.13. The van der Waals surface area contributed by atoms with Crippen LogP contribution in [0.3, 0.4) is 0 Å². The number of aryl methyl sites for hydroxylation is 1. The lowest BCUT2D eigenvalue weighted by atomic mass is 10.0.